The van der Waals surface area contributed by atoms with Gasteiger partial charge in [0.2, 0.25) is 0 Å². The summed E-state index contributed by atoms with van der Waals surface area (Å²) in [5.41, 5.74) is 0. The van der Waals surface area contributed by atoms with Gasteiger partial charge in [-0.05, 0) is 30.4 Å². The topological polar surface area (TPSA) is 43.6 Å². The first-order chi connectivity index (χ1) is 7.24. The molecule has 1 aliphatic rings. The van der Waals surface area contributed by atoms with Crippen LogP contribution in [0.4, 0.5) is 0 Å². The van der Waals surface area contributed by atoms with E-state index in [1.54, 1.807) is 0 Å². The number of hydrogen-bond acceptors (Lipinski definition) is 3. The molecular weight excluding hydrogens is 256 g/mol. The summed E-state index contributed by atoms with van der Waals surface area (Å²) in [5.74, 6) is 1.62. The summed E-state index contributed by atoms with van der Waals surface area (Å²) in [6.45, 7) is 0. The first-order valence-electron chi connectivity index (χ1n) is 5.61. The summed E-state index contributed by atoms with van der Waals surface area (Å²) >= 11 is 3.74. The van der Waals surface area contributed by atoms with Crippen LogP contribution in [0.1, 0.15) is 37.9 Å². The summed E-state index contributed by atoms with van der Waals surface area (Å²) in [5, 5.41) is 12.2. The molecule has 0 radical (unpaired) electrons. The molecule has 1 aromatic heterocycles. The number of hydrogen-bond donors (Lipinski definition) is 0. The van der Waals surface area contributed by atoms with Gasteiger partial charge >= 0.3 is 0 Å². The maximum Gasteiger partial charge on any atom is 0.175 e. The number of alkyl halides is 1. The Morgan fingerprint density at radius 1 is 1.40 bits per heavy atom. The summed E-state index contributed by atoms with van der Waals surface area (Å²) in [6, 6.07) is 0. The van der Waals surface area contributed by atoms with Gasteiger partial charge in [-0.15, -0.1) is 10.2 Å². The highest BCUT2D eigenvalue weighted by Crippen LogP contribution is 2.29. The van der Waals surface area contributed by atoms with E-state index in [0.29, 0.717) is 4.83 Å². The van der Waals surface area contributed by atoms with Crippen molar-refractivity contribution in [3.63, 3.8) is 0 Å². The van der Waals surface area contributed by atoms with Gasteiger partial charge in [-0.1, -0.05) is 28.8 Å². The molecule has 1 heterocycles. The minimum Gasteiger partial charge on any atom is -0.167 e. The smallest absolute Gasteiger partial charge is 0.167 e. The van der Waals surface area contributed by atoms with Crippen LogP contribution in [0, 0.1) is 5.92 Å². The van der Waals surface area contributed by atoms with Crippen LogP contribution in [0.15, 0.2) is 0 Å². The van der Waals surface area contributed by atoms with Crippen LogP contribution < -0.4 is 0 Å². The van der Waals surface area contributed by atoms with E-state index in [0.717, 1.165) is 18.2 Å². The Morgan fingerprint density at radius 2 is 2.20 bits per heavy atom. The van der Waals surface area contributed by atoms with Crippen LogP contribution in [-0.2, 0) is 13.5 Å². The third kappa shape index (κ3) is 3.26. The molecule has 1 aliphatic carbocycles. The highest BCUT2D eigenvalue weighted by molar-refractivity contribution is 9.09. The van der Waals surface area contributed by atoms with Gasteiger partial charge in [0.25, 0.3) is 0 Å². The zero-order valence-electron chi connectivity index (χ0n) is 9.06. The lowest BCUT2D eigenvalue weighted by atomic mass is 9.96. The first-order valence-corrected chi connectivity index (χ1v) is 6.52. The van der Waals surface area contributed by atoms with Crippen molar-refractivity contribution in [2.24, 2.45) is 13.0 Å². The lowest BCUT2D eigenvalue weighted by Gasteiger charge is -2.13. The Balaban J connectivity index is 1.92. The SMILES string of the molecule is Cn1nnc(CC2CCCCC(Br)C2)n1. The van der Waals surface area contributed by atoms with Crippen molar-refractivity contribution >= 4 is 15.9 Å². The van der Waals surface area contributed by atoms with E-state index in [2.05, 4.69) is 31.3 Å². The molecule has 2 rings (SSSR count). The highest BCUT2D eigenvalue weighted by atomic mass is 79.9. The predicted molar refractivity (Wildman–Crippen MR) is 61.8 cm³/mol. The second kappa shape index (κ2) is 5.05. The monoisotopic (exact) mass is 272 g/mol. The van der Waals surface area contributed by atoms with Gasteiger partial charge in [0.1, 0.15) is 0 Å². The van der Waals surface area contributed by atoms with Gasteiger partial charge in [-0.3, -0.25) is 0 Å². The van der Waals surface area contributed by atoms with Crippen molar-refractivity contribution in [2.75, 3.05) is 0 Å². The van der Waals surface area contributed by atoms with Crippen LogP contribution in [0.5, 0.6) is 0 Å². The van der Waals surface area contributed by atoms with Gasteiger partial charge in [-0.25, -0.2) is 0 Å². The molecule has 0 aromatic carbocycles. The molecule has 2 unspecified atom stereocenters. The Labute approximate surface area is 98.6 Å². The Morgan fingerprint density at radius 3 is 2.93 bits per heavy atom. The van der Waals surface area contributed by atoms with E-state index in [4.69, 9.17) is 0 Å². The zero-order valence-corrected chi connectivity index (χ0v) is 10.7. The van der Waals surface area contributed by atoms with E-state index < -0.39 is 0 Å². The Hall–Kier alpha value is -0.450. The second-order valence-corrected chi connectivity index (χ2v) is 5.68. The van der Waals surface area contributed by atoms with Gasteiger partial charge in [0.15, 0.2) is 5.82 Å². The molecule has 0 aliphatic heterocycles. The van der Waals surface area contributed by atoms with Gasteiger partial charge in [-0.2, -0.15) is 4.80 Å². The fraction of sp³-hybridized carbons (Fsp3) is 0.900. The van der Waals surface area contributed by atoms with Crippen molar-refractivity contribution < 1.29 is 0 Å². The largest absolute Gasteiger partial charge is 0.175 e. The molecule has 0 saturated heterocycles. The van der Waals surface area contributed by atoms with Crippen molar-refractivity contribution in [3.05, 3.63) is 5.82 Å². The van der Waals surface area contributed by atoms with E-state index in [1.807, 2.05) is 7.05 Å². The van der Waals surface area contributed by atoms with Crippen LogP contribution in [-0.4, -0.2) is 25.0 Å². The van der Waals surface area contributed by atoms with Crippen LogP contribution in [0.25, 0.3) is 0 Å². The Bertz CT molecular complexity index is 312. The van der Waals surface area contributed by atoms with Crippen molar-refractivity contribution in [1.29, 1.82) is 0 Å². The number of rotatable bonds is 2. The number of aromatic nitrogens is 4. The lowest BCUT2D eigenvalue weighted by Crippen LogP contribution is -2.09. The molecule has 1 saturated carbocycles. The van der Waals surface area contributed by atoms with Gasteiger partial charge < -0.3 is 0 Å². The van der Waals surface area contributed by atoms with Crippen molar-refractivity contribution in [1.82, 2.24) is 20.2 Å². The second-order valence-electron chi connectivity index (χ2n) is 4.38. The number of halogens is 1. The van der Waals surface area contributed by atoms with Gasteiger partial charge in [0.05, 0.1) is 7.05 Å². The van der Waals surface area contributed by atoms with Crippen molar-refractivity contribution in [3.8, 4) is 0 Å². The number of aryl methyl sites for hydroxylation is 1. The van der Waals surface area contributed by atoms with E-state index in [-0.39, 0.29) is 0 Å². The van der Waals surface area contributed by atoms with Crippen LogP contribution in [0.2, 0.25) is 0 Å². The fourth-order valence-corrected chi connectivity index (χ4v) is 3.10. The average molecular weight is 273 g/mol. The van der Waals surface area contributed by atoms with E-state index in [9.17, 15) is 0 Å². The maximum absolute atomic E-state index is 4.24. The number of tetrazole rings is 1. The summed E-state index contributed by atoms with van der Waals surface area (Å²) < 4.78 is 0. The zero-order chi connectivity index (χ0) is 10.7. The fourth-order valence-electron chi connectivity index (χ4n) is 2.24. The molecule has 0 spiro atoms. The van der Waals surface area contributed by atoms with E-state index >= 15 is 0 Å². The third-order valence-corrected chi connectivity index (χ3v) is 3.82. The van der Waals surface area contributed by atoms with Crippen molar-refractivity contribution in [2.45, 2.75) is 43.4 Å². The normalized spacial score (nSPS) is 27.6. The Kier molecular flexibility index (Phi) is 3.72. The molecule has 0 bridgehead atoms. The molecule has 4 nitrogen and oxygen atoms in total. The molecule has 84 valence electrons. The summed E-state index contributed by atoms with van der Waals surface area (Å²) in [4.78, 5) is 2.22. The minimum atomic E-state index is 0.682. The molecule has 1 fully saturated rings. The highest BCUT2D eigenvalue weighted by Gasteiger charge is 2.20. The quantitative estimate of drug-likeness (QED) is 0.612. The summed E-state index contributed by atoms with van der Waals surface area (Å²) in [6.07, 6.45) is 7.53. The minimum absolute atomic E-state index is 0.682. The van der Waals surface area contributed by atoms with Crippen LogP contribution >= 0.6 is 15.9 Å². The average Bonchev–Trinajstić information content (AvgIpc) is 2.46. The predicted octanol–water partition coefficient (Wildman–Crippen LogP) is 2.10. The maximum atomic E-state index is 4.24. The number of nitrogens with zero attached hydrogens (tertiary/aromatic N) is 4. The molecular formula is C10H17BrN4. The molecule has 2 atom stereocenters. The van der Waals surface area contributed by atoms with Crippen LogP contribution in [0.3, 0.4) is 0 Å². The molecule has 15 heavy (non-hydrogen) atoms. The molecule has 0 N–H and O–H groups in total. The first kappa shape index (κ1) is 11.0. The third-order valence-electron chi connectivity index (χ3n) is 2.99. The molecule has 1 aromatic rings. The molecule has 5 heteroatoms. The standard InChI is InChI=1S/C10H17BrN4/c1-15-13-10(12-14-15)7-8-4-2-3-5-9(11)6-8/h8-9H,2-7H2,1H3. The van der Waals surface area contributed by atoms with Gasteiger partial charge in [0, 0.05) is 11.2 Å². The molecule has 0 amide bonds. The van der Waals surface area contributed by atoms with E-state index in [1.165, 1.54) is 36.9 Å². The lowest BCUT2D eigenvalue weighted by molar-refractivity contribution is 0.452. The summed E-state index contributed by atoms with van der Waals surface area (Å²) in [7, 11) is 1.82.